The highest BCUT2D eigenvalue weighted by atomic mass is 16.5. The van der Waals surface area contributed by atoms with Crippen LogP contribution in [0.3, 0.4) is 0 Å². The Labute approximate surface area is 158 Å². The number of amides is 1. The Hall–Kier alpha value is -3.40. The summed E-state index contributed by atoms with van der Waals surface area (Å²) in [7, 11) is 0. The number of hydrogen-bond donors (Lipinski definition) is 1. The van der Waals surface area contributed by atoms with Crippen LogP contribution in [0.1, 0.15) is 28.8 Å². The topological polar surface area (TPSA) is 55.4 Å². The Kier molecular flexibility index (Phi) is 6.00. The number of hydrogen-bond acceptors (Lipinski definition) is 3. The summed E-state index contributed by atoms with van der Waals surface area (Å²) in [4.78, 5) is 24.5. The number of anilines is 1. The van der Waals surface area contributed by atoms with Gasteiger partial charge in [0, 0.05) is 18.4 Å². The van der Waals surface area contributed by atoms with E-state index >= 15 is 0 Å². The largest absolute Gasteiger partial charge is 0.455 e. The van der Waals surface area contributed by atoms with Crippen molar-refractivity contribution in [3.8, 4) is 11.5 Å². The summed E-state index contributed by atoms with van der Waals surface area (Å²) in [6.07, 6.45) is 0.281. The number of carbonyl (C=O) groups is 2. The lowest BCUT2D eigenvalue weighted by Crippen LogP contribution is -2.14. The maximum absolute atomic E-state index is 12.3. The molecule has 1 amide bonds. The van der Waals surface area contributed by atoms with Gasteiger partial charge in [0.1, 0.15) is 5.75 Å². The fourth-order valence-electron chi connectivity index (χ4n) is 2.60. The summed E-state index contributed by atoms with van der Waals surface area (Å²) in [6, 6.07) is 24.0. The first-order valence-electron chi connectivity index (χ1n) is 8.83. The Balaban J connectivity index is 1.59. The third-order valence-electron chi connectivity index (χ3n) is 4.08. The molecule has 4 nitrogen and oxygen atoms in total. The molecule has 0 aromatic heterocycles. The summed E-state index contributed by atoms with van der Waals surface area (Å²) >= 11 is 0. The van der Waals surface area contributed by atoms with E-state index in [1.807, 2.05) is 61.5 Å². The molecule has 0 radical (unpaired) electrons. The molecule has 3 aromatic carbocycles. The van der Waals surface area contributed by atoms with E-state index in [-0.39, 0.29) is 24.5 Å². The molecule has 0 fully saturated rings. The molecule has 0 bridgehead atoms. The predicted molar refractivity (Wildman–Crippen MR) is 106 cm³/mol. The summed E-state index contributed by atoms with van der Waals surface area (Å²) in [5.41, 5.74) is 2.30. The highest BCUT2D eigenvalue weighted by Crippen LogP contribution is 2.29. The molecule has 0 aliphatic rings. The van der Waals surface area contributed by atoms with Crippen LogP contribution >= 0.6 is 0 Å². The third-order valence-corrected chi connectivity index (χ3v) is 4.08. The molecule has 27 heavy (non-hydrogen) atoms. The van der Waals surface area contributed by atoms with Crippen LogP contribution in [0.4, 0.5) is 5.69 Å². The van der Waals surface area contributed by atoms with Crippen molar-refractivity contribution >= 4 is 17.4 Å². The number of aryl methyl sites for hydroxylation is 1. The van der Waals surface area contributed by atoms with Crippen molar-refractivity contribution in [1.29, 1.82) is 0 Å². The lowest BCUT2D eigenvalue weighted by molar-refractivity contribution is -0.116. The number of Topliss-reactive ketones (excluding diaryl/α,β-unsaturated/α-hetero) is 1. The summed E-state index contributed by atoms with van der Waals surface area (Å²) in [6.45, 7) is 1.97. The van der Waals surface area contributed by atoms with Gasteiger partial charge in [-0.15, -0.1) is 0 Å². The second-order valence-corrected chi connectivity index (χ2v) is 6.25. The van der Waals surface area contributed by atoms with Crippen molar-refractivity contribution in [3.05, 3.63) is 90.0 Å². The van der Waals surface area contributed by atoms with Gasteiger partial charge in [-0.2, -0.15) is 0 Å². The van der Waals surface area contributed by atoms with E-state index in [0.717, 1.165) is 5.56 Å². The fraction of sp³-hybridized carbons (Fsp3) is 0.130. The SMILES string of the molecule is Cc1ccc(C(=O)CCC(=O)Nc2ccccc2Oc2ccccc2)cc1. The average molecular weight is 359 g/mol. The number of carbonyl (C=O) groups excluding carboxylic acids is 2. The number of para-hydroxylation sites is 3. The zero-order valence-electron chi connectivity index (χ0n) is 15.1. The molecule has 4 heteroatoms. The quantitative estimate of drug-likeness (QED) is 0.576. The Morgan fingerprint density at radius 1 is 0.815 bits per heavy atom. The van der Waals surface area contributed by atoms with Gasteiger partial charge in [0.15, 0.2) is 11.5 Å². The van der Waals surface area contributed by atoms with Crippen LogP contribution < -0.4 is 10.1 Å². The molecule has 0 heterocycles. The Bertz CT molecular complexity index is 918. The van der Waals surface area contributed by atoms with E-state index in [1.54, 1.807) is 24.3 Å². The van der Waals surface area contributed by atoms with Crippen molar-refractivity contribution in [3.63, 3.8) is 0 Å². The molecular formula is C23H21NO3. The second-order valence-electron chi connectivity index (χ2n) is 6.25. The minimum Gasteiger partial charge on any atom is -0.455 e. The lowest BCUT2D eigenvalue weighted by atomic mass is 10.0. The monoisotopic (exact) mass is 359 g/mol. The molecule has 0 saturated heterocycles. The molecule has 136 valence electrons. The lowest BCUT2D eigenvalue weighted by Gasteiger charge is -2.12. The summed E-state index contributed by atoms with van der Waals surface area (Å²) < 4.78 is 5.83. The van der Waals surface area contributed by atoms with Crippen LogP contribution in [0.5, 0.6) is 11.5 Å². The standard InChI is InChI=1S/C23H21NO3/c1-17-11-13-18(14-12-17)21(25)15-16-23(26)24-20-9-5-6-10-22(20)27-19-7-3-2-4-8-19/h2-14H,15-16H2,1H3,(H,24,26). The first-order valence-corrected chi connectivity index (χ1v) is 8.83. The van der Waals surface area contributed by atoms with Gasteiger partial charge in [-0.05, 0) is 31.2 Å². The molecule has 1 N–H and O–H groups in total. The van der Waals surface area contributed by atoms with Crippen LogP contribution in [-0.2, 0) is 4.79 Å². The molecule has 0 unspecified atom stereocenters. The molecule has 0 aliphatic heterocycles. The zero-order valence-corrected chi connectivity index (χ0v) is 15.1. The first-order chi connectivity index (χ1) is 13.1. The van der Waals surface area contributed by atoms with Gasteiger partial charge in [0.2, 0.25) is 5.91 Å². The second kappa shape index (κ2) is 8.81. The van der Waals surface area contributed by atoms with Crippen molar-refractivity contribution in [2.45, 2.75) is 19.8 Å². The molecule has 0 spiro atoms. The first kappa shape index (κ1) is 18.4. The average Bonchev–Trinajstić information content (AvgIpc) is 2.69. The van der Waals surface area contributed by atoms with Crippen molar-refractivity contribution in [2.24, 2.45) is 0 Å². The van der Waals surface area contributed by atoms with Crippen LogP contribution in [0.15, 0.2) is 78.9 Å². The number of benzene rings is 3. The minimum absolute atomic E-state index is 0.0426. The van der Waals surface area contributed by atoms with Gasteiger partial charge in [0.25, 0.3) is 0 Å². The molecule has 0 saturated carbocycles. The van der Waals surface area contributed by atoms with Gasteiger partial charge < -0.3 is 10.1 Å². The van der Waals surface area contributed by atoms with Crippen LogP contribution in [0.25, 0.3) is 0 Å². The number of rotatable bonds is 7. The summed E-state index contributed by atoms with van der Waals surface area (Å²) in [5.74, 6) is 0.981. The molecule has 0 aliphatic carbocycles. The molecule has 3 rings (SSSR count). The zero-order chi connectivity index (χ0) is 19.1. The highest BCUT2D eigenvalue weighted by Gasteiger charge is 2.12. The predicted octanol–water partition coefficient (Wildman–Crippen LogP) is 5.39. The summed E-state index contributed by atoms with van der Waals surface area (Å²) in [5, 5.41) is 2.83. The Morgan fingerprint density at radius 3 is 2.22 bits per heavy atom. The van der Waals surface area contributed by atoms with Crippen LogP contribution in [0.2, 0.25) is 0 Å². The maximum atomic E-state index is 12.3. The van der Waals surface area contributed by atoms with Gasteiger partial charge >= 0.3 is 0 Å². The smallest absolute Gasteiger partial charge is 0.224 e. The number of ether oxygens (including phenoxy) is 1. The van der Waals surface area contributed by atoms with E-state index < -0.39 is 0 Å². The van der Waals surface area contributed by atoms with Crippen molar-refractivity contribution < 1.29 is 14.3 Å². The Morgan fingerprint density at radius 2 is 1.48 bits per heavy atom. The van der Waals surface area contributed by atoms with E-state index in [1.165, 1.54) is 0 Å². The van der Waals surface area contributed by atoms with E-state index in [9.17, 15) is 9.59 Å². The minimum atomic E-state index is -0.223. The van der Waals surface area contributed by atoms with Crippen LogP contribution in [0, 0.1) is 6.92 Å². The van der Waals surface area contributed by atoms with Crippen molar-refractivity contribution in [1.82, 2.24) is 0 Å². The number of ketones is 1. The van der Waals surface area contributed by atoms with Gasteiger partial charge in [-0.25, -0.2) is 0 Å². The third kappa shape index (κ3) is 5.28. The van der Waals surface area contributed by atoms with Crippen molar-refractivity contribution in [2.75, 3.05) is 5.32 Å². The highest BCUT2D eigenvalue weighted by molar-refractivity contribution is 6.00. The van der Waals surface area contributed by atoms with Gasteiger partial charge in [-0.3, -0.25) is 9.59 Å². The van der Waals surface area contributed by atoms with E-state index in [0.29, 0.717) is 22.7 Å². The van der Waals surface area contributed by atoms with Crippen LogP contribution in [-0.4, -0.2) is 11.7 Å². The molecule has 3 aromatic rings. The van der Waals surface area contributed by atoms with Gasteiger partial charge in [-0.1, -0.05) is 60.2 Å². The number of nitrogens with one attached hydrogen (secondary N) is 1. The molecular weight excluding hydrogens is 338 g/mol. The maximum Gasteiger partial charge on any atom is 0.224 e. The normalized spacial score (nSPS) is 10.3. The van der Waals surface area contributed by atoms with E-state index in [2.05, 4.69) is 5.32 Å². The molecule has 0 atom stereocenters. The fourth-order valence-corrected chi connectivity index (χ4v) is 2.60. The van der Waals surface area contributed by atoms with Gasteiger partial charge in [0.05, 0.1) is 5.69 Å². The van der Waals surface area contributed by atoms with E-state index in [4.69, 9.17) is 4.74 Å².